The largest absolute Gasteiger partial charge is 0.470 e. The van der Waals surface area contributed by atoms with Crippen LogP contribution in [0, 0.1) is 6.92 Å². The van der Waals surface area contributed by atoms with Gasteiger partial charge in [-0.1, -0.05) is 40.0 Å². The van der Waals surface area contributed by atoms with Crippen LogP contribution in [0.15, 0.2) is 46.2 Å². The number of aromatic nitrogens is 1. The molecule has 2 aromatic carbocycles. The summed E-state index contributed by atoms with van der Waals surface area (Å²) in [6.07, 6.45) is 5.05. The van der Waals surface area contributed by atoms with Gasteiger partial charge in [0.05, 0.1) is 27.3 Å². The molecule has 1 aromatic heterocycles. The summed E-state index contributed by atoms with van der Waals surface area (Å²) in [6.45, 7) is 5.64. The highest BCUT2D eigenvalue weighted by Gasteiger charge is 2.26. The van der Waals surface area contributed by atoms with Crippen molar-refractivity contribution in [2.24, 2.45) is 5.16 Å². The molecular formula is C24H23BrCl3N3O3S. The van der Waals surface area contributed by atoms with E-state index < -0.39 is 11.0 Å². The Morgan fingerprint density at radius 1 is 1.20 bits per heavy atom. The minimum atomic E-state index is -0.802. The fraction of sp³-hybridized carbons (Fsp3) is 0.292. The smallest absolute Gasteiger partial charge is 0.272 e. The third kappa shape index (κ3) is 7.64. The number of hydrogen-bond acceptors (Lipinski definition) is 6. The van der Waals surface area contributed by atoms with Crippen LogP contribution < -0.4 is 10.1 Å². The van der Waals surface area contributed by atoms with Crippen molar-refractivity contribution in [1.29, 1.82) is 0 Å². The van der Waals surface area contributed by atoms with Crippen LogP contribution in [0.3, 0.4) is 0 Å². The first-order chi connectivity index (χ1) is 16.5. The van der Waals surface area contributed by atoms with E-state index in [0.717, 1.165) is 20.9 Å². The van der Waals surface area contributed by atoms with Gasteiger partial charge in [-0.25, -0.2) is 0 Å². The molecule has 186 valence electrons. The number of carbonyl (C=O) groups is 1. The lowest BCUT2D eigenvalue weighted by Gasteiger charge is -2.25. The van der Waals surface area contributed by atoms with Gasteiger partial charge in [-0.3, -0.25) is 9.78 Å². The molecule has 0 bridgehead atoms. The monoisotopic (exact) mass is 617 g/mol. The minimum Gasteiger partial charge on any atom is -0.470 e. The average molecular weight is 620 g/mol. The van der Waals surface area contributed by atoms with Gasteiger partial charge in [-0.15, -0.1) is 11.8 Å². The van der Waals surface area contributed by atoms with Crippen molar-refractivity contribution in [2.75, 3.05) is 6.26 Å². The summed E-state index contributed by atoms with van der Waals surface area (Å²) in [5, 5.41) is 8.97. The van der Waals surface area contributed by atoms with E-state index in [2.05, 4.69) is 31.4 Å². The second-order valence-electron chi connectivity index (χ2n) is 8.23. The van der Waals surface area contributed by atoms with Gasteiger partial charge in [0.1, 0.15) is 12.4 Å². The van der Waals surface area contributed by atoms with E-state index >= 15 is 0 Å². The van der Waals surface area contributed by atoms with Gasteiger partial charge >= 0.3 is 0 Å². The predicted molar refractivity (Wildman–Crippen MR) is 149 cm³/mol. The molecule has 3 rings (SSSR count). The topological polar surface area (TPSA) is 72.8 Å². The maximum atomic E-state index is 12.9. The Kier molecular flexibility index (Phi) is 9.57. The second-order valence-corrected chi connectivity index (χ2v) is 11.3. The highest BCUT2D eigenvalue weighted by atomic mass is 79.9. The molecular weight excluding hydrogens is 597 g/mol. The van der Waals surface area contributed by atoms with Gasteiger partial charge in [0.2, 0.25) is 5.44 Å². The van der Waals surface area contributed by atoms with Crippen molar-refractivity contribution in [3.05, 3.63) is 67.2 Å². The number of amides is 1. The first-order valence-corrected chi connectivity index (χ1v) is 13.6. The van der Waals surface area contributed by atoms with E-state index in [1.807, 2.05) is 31.4 Å². The number of halogens is 4. The Bertz CT molecular complexity index is 1270. The predicted octanol–water partition coefficient (Wildman–Crippen LogP) is 7.43. The lowest BCUT2D eigenvalue weighted by atomic mass is 10.1. The molecule has 1 heterocycles. The summed E-state index contributed by atoms with van der Waals surface area (Å²) < 4.78 is 6.88. The van der Waals surface area contributed by atoms with Crippen LogP contribution in [-0.2, 0) is 16.2 Å². The molecule has 1 unspecified atom stereocenters. The van der Waals surface area contributed by atoms with Crippen LogP contribution >= 0.6 is 62.5 Å². The quantitative estimate of drug-likeness (QED) is 0.117. The number of hydrogen-bond donors (Lipinski definition) is 1. The fourth-order valence-electron chi connectivity index (χ4n) is 3.13. The number of fused-ring (bicyclic) bond motifs is 1. The molecule has 0 fully saturated rings. The van der Waals surface area contributed by atoms with Crippen LogP contribution in [0.1, 0.15) is 25.0 Å². The maximum Gasteiger partial charge on any atom is 0.272 e. The van der Waals surface area contributed by atoms with Gasteiger partial charge < -0.3 is 14.9 Å². The molecule has 1 amide bonds. The first-order valence-electron chi connectivity index (χ1n) is 10.4. The maximum absolute atomic E-state index is 12.9. The number of rotatable bonds is 9. The van der Waals surface area contributed by atoms with E-state index in [0.29, 0.717) is 26.4 Å². The van der Waals surface area contributed by atoms with Gasteiger partial charge in [0, 0.05) is 26.6 Å². The molecule has 0 aliphatic carbocycles. The van der Waals surface area contributed by atoms with Crippen molar-refractivity contribution in [1.82, 2.24) is 10.3 Å². The number of benzene rings is 2. The van der Waals surface area contributed by atoms with Crippen LogP contribution in [0.25, 0.3) is 10.9 Å². The van der Waals surface area contributed by atoms with E-state index in [9.17, 15) is 4.79 Å². The van der Waals surface area contributed by atoms with Crippen molar-refractivity contribution in [3.63, 3.8) is 0 Å². The number of carbonyl (C=O) groups excluding carboxylic acids is 1. The molecule has 0 saturated carbocycles. The zero-order chi connectivity index (χ0) is 25.8. The highest BCUT2D eigenvalue weighted by molar-refractivity contribution is 9.10. The van der Waals surface area contributed by atoms with Crippen molar-refractivity contribution >= 4 is 85.5 Å². The van der Waals surface area contributed by atoms with Crippen LogP contribution in [0.2, 0.25) is 15.1 Å². The first kappa shape index (κ1) is 27.9. The molecule has 1 N–H and O–H groups in total. The molecule has 11 heteroatoms. The van der Waals surface area contributed by atoms with Crippen molar-refractivity contribution in [3.8, 4) is 5.75 Å². The summed E-state index contributed by atoms with van der Waals surface area (Å²) >= 11 is 22.8. The van der Waals surface area contributed by atoms with Gasteiger partial charge in [-0.2, -0.15) is 0 Å². The van der Waals surface area contributed by atoms with Gasteiger partial charge in [0.25, 0.3) is 5.91 Å². The fourth-order valence-corrected chi connectivity index (χ4v) is 4.58. The Hall–Kier alpha value is -1.71. The van der Waals surface area contributed by atoms with Crippen molar-refractivity contribution in [2.45, 2.75) is 38.4 Å². The van der Waals surface area contributed by atoms with Crippen LogP contribution in [0.5, 0.6) is 5.75 Å². The van der Waals surface area contributed by atoms with Gasteiger partial charge in [0.15, 0.2) is 0 Å². The third-order valence-corrected chi connectivity index (χ3v) is 7.04. The lowest BCUT2D eigenvalue weighted by Crippen LogP contribution is -2.49. The number of thioether (sulfide) groups is 1. The number of ether oxygens (including phenoxy) is 1. The van der Waals surface area contributed by atoms with Crippen LogP contribution in [0.4, 0.5) is 0 Å². The Morgan fingerprint density at radius 2 is 1.91 bits per heavy atom. The standard InChI is InChI=1S/C24H23BrCl3N3O3S/c1-13-5-17(7-14-6-16(25)10-29-21(13)14)34-23(35-4)22(32)31-24(2,3)12-30-33-11-15-8-19(27)20(28)9-18(15)26/h5-10,12,23H,11H2,1-4H3,(H,31,32). The van der Waals surface area contributed by atoms with E-state index in [1.165, 1.54) is 18.0 Å². The Balaban J connectivity index is 1.62. The zero-order valence-electron chi connectivity index (χ0n) is 19.4. The molecule has 6 nitrogen and oxygen atoms in total. The average Bonchev–Trinajstić information content (AvgIpc) is 2.77. The van der Waals surface area contributed by atoms with E-state index in [-0.39, 0.29) is 12.5 Å². The third-order valence-electron chi connectivity index (χ3n) is 4.79. The zero-order valence-corrected chi connectivity index (χ0v) is 24.0. The molecule has 3 aromatic rings. The van der Waals surface area contributed by atoms with Crippen molar-refractivity contribution < 1.29 is 14.4 Å². The molecule has 0 radical (unpaired) electrons. The number of nitrogens with zero attached hydrogens (tertiary/aromatic N) is 2. The van der Waals surface area contributed by atoms with E-state index in [1.54, 1.807) is 32.2 Å². The molecule has 1 atom stereocenters. The highest BCUT2D eigenvalue weighted by Crippen LogP contribution is 2.30. The normalized spacial score (nSPS) is 12.7. The summed E-state index contributed by atoms with van der Waals surface area (Å²) in [5.41, 5.74) is 0.908. The molecule has 0 spiro atoms. The summed E-state index contributed by atoms with van der Waals surface area (Å²) in [4.78, 5) is 22.7. The number of aryl methyl sites for hydroxylation is 1. The molecule has 0 aliphatic rings. The Labute approximate surface area is 231 Å². The second kappa shape index (κ2) is 12.0. The Morgan fingerprint density at radius 3 is 2.63 bits per heavy atom. The van der Waals surface area contributed by atoms with Crippen LogP contribution in [-0.4, -0.2) is 34.3 Å². The number of nitrogens with one attached hydrogen (secondary N) is 1. The molecule has 0 saturated heterocycles. The summed E-state index contributed by atoms with van der Waals surface area (Å²) in [6, 6.07) is 8.87. The summed E-state index contributed by atoms with van der Waals surface area (Å²) in [5.74, 6) is 0.282. The molecule has 0 aliphatic heterocycles. The SMILES string of the molecule is CSC(Oc1cc(C)c2ncc(Br)cc2c1)C(=O)NC(C)(C)C=NOCc1cc(Cl)c(Cl)cc1Cl. The molecule has 35 heavy (non-hydrogen) atoms. The summed E-state index contributed by atoms with van der Waals surface area (Å²) in [7, 11) is 0. The number of oxime groups is 1. The van der Waals surface area contributed by atoms with Gasteiger partial charge in [-0.05, 0) is 78.9 Å². The lowest BCUT2D eigenvalue weighted by molar-refractivity contribution is -0.125. The number of pyridine rings is 1. The minimum absolute atomic E-state index is 0.0963. The van der Waals surface area contributed by atoms with E-state index in [4.69, 9.17) is 44.4 Å².